The van der Waals surface area contributed by atoms with Gasteiger partial charge in [-0.1, -0.05) is 12.8 Å². The maximum absolute atomic E-state index is 12.3. The lowest BCUT2D eigenvalue weighted by atomic mass is 10.3. The minimum atomic E-state index is -3.23. The molecular formula is C10H19N3O3S. The molecule has 0 amide bonds. The van der Waals surface area contributed by atoms with Gasteiger partial charge in [0.2, 0.25) is 10.0 Å². The number of amidine groups is 1. The summed E-state index contributed by atoms with van der Waals surface area (Å²) in [5.74, 6) is -0.101. The zero-order valence-corrected chi connectivity index (χ0v) is 10.6. The molecule has 0 aromatic rings. The van der Waals surface area contributed by atoms with Gasteiger partial charge in [0.1, 0.15) is 11.9 Å². The van der Waals surface area contributed by atoms with E-state index >= 15 is 0 Å². The van der Waals surface area contributed by atoms with Crippen LogP contribution in [0.2, 0.25) is 0 Å². The summed E-state index contributed by atoms with van der Waals surface area (Å²) < 4.78 is 31.3. The van der Waals surface area contributed by atoms with Crippen molar-refractivity contribution in [3.05, 3.63) is 0 Å². The molecule has 2 aliphatic rings. The monoisotopic (exact) mass is 261 g/mol. The quantitative estimate of drug-likeness (QED) is 0.547. The molecule has 7 heteroatoms. The predicted molar refractivity (Wildman–Crippen MR) is 64.4 cm³/mol. The van der Waals surface area contributed by atoms with E-state index < -0.39 is 16.1 Å². The molecule has 2 fully saturated rings. The van der Waals surface area contributed by atoms with Crippen molar-refractivity contribution in [1.29, 1.82) is 5.41 Å². The number of nitrogens with zero attached hydrogens (tertiary/aromatic N) is 1. The molecule has 0 radical (unpaired) electrons. The molecule has 0 aromatic heterocycles. The first kappa shape index (κ1) is 12.8. The highest BCUT2D eigenvalue weighted by Gasteiger charge is 2.37. The topological polar surface area (TPSA) is 96.5 Å². The van der Waals surface area contributed by atoms with Gasteiger partial charge in [-0.3, -0.25) is 5.41 Å². The van der Waals surface area contributed by atoms with E-state index in [9.17, 15) is 8.42 Å². The Balaban J connectivity index is 2.08. The van der Waals surface area contributed by atoms with Crippen molar-refractivity contribution in [2.45, 2.75) is 37.0 Å². The average Bonchev–Trinajstić information content (AvgIpc) is 2.83. The predicted octanol–water partition coefficient (Wildman–Crippen LogP) is -0.104. The average molecular weight is 261 g/mol. The first-order chi connectivity index (χ1) is 8.01. The minimum Gasteiger partial charge on any atom is -0.385 e. The normalized spacial score (nSPS) is 28.4. The lowest BCUT2D eigenvalue weighted by molar-refractivity contribution is 0.0365. The molecule has 3 N–H and O–H groups in total. The Labute approximate surface area is 102 Å². The fraction of sp³-hybridized carbons (Fsp3) is 0.900. The molecule has 1 saturated heterocycles. The second-order valence-electron chi connectivity index (χ2n) is 4.62. The minimum absolute atomic E-state index is 0.101. The molecule has 98 valence electrons. The largest absolute Gasteiger partial charge is 0.385 e. The number of nitrogens with two attached hydrogens (primary N) is 1. The van der Waals surface area contributed by atoms with Crippen LogP contribution in [-0.4, -0.2) is 49.6 Å². The molecule has 2 rings (SSSR count). The molecule has 17 heavy (non-hydrogen) atoms. The summed E-state index contributed by atoms with van der Waals surface area (Å²) in [6, 6.07) is 0. The standard InChI is InChI=1S/C10H19N3O3S/c11-10(12)9-7-13(5-6-16-9)17(14,15)8-3-1-2-4-8/h8-9H,1-7H2,(H3,11,12). The zero-order chi connectivity index (χ0) is 12.5. The van der Waals surface area contributed by atoms with Crippen molar-refractivity contribution in [3.8, 4) is 0 Å². The molecule has 0 spiro atoms. The van der Waals surface area contributed by atoms with Gasteiger partial charge in [-0.2, -0.15) is 4.31 Å². The number of sulfonamides is 1. The number of ether oxygens (including phenoxy) is 1. The van der Waals surface area contributed by atoms with Gasteiger partial charge in [0, 0.05) is 13.1 Å². The maximum atomic E-state index is 12.3. The van der Waals surface area contributed by atoms with Crippen LogP contribution in [0, 0.1) is 5.41 Å². The molecule has 1 atom stereocenters. The van der Waals surface area contributed by atoms with E-state index in [1.165, 1.54) is 4.31 Å². The fourth-order valence-corrected chi connectivity index (χ4v) is 4.46. The summed E-state index contributed by atoms with van der Waals surface area (Å²) in [5.41, 5.74) is 5.36. The van der Waals surface area contributed by atoms with Gasteiger partial charge in [0.15, 0.2) is 0 Å². The van der Waals surface area contributed by atoms with Crippen LogP contribution < -0.4 is 5.73 Å². The lowest BCUT2D eigenvalue weighted by Gasteiger charge is -2.33. The van der Waals surface area contributed by atoms with E-state index in [-0.39, 0.29) is 17.6 Å². The number of hydrogen-bond acceptors (Lipinski definition) is 4. The van der Waals surface area contributed by atoms with Crippen LogP contribution in [0.25, 0.3) is 0 Å². The van der Waals surface area contributed by atoms with Crippen molar-refractivity contribution in [1.82, 2.24) is 4.31 Å². The van der Waals surface area contributed by atoms with Crippen molar-refractivity contribution in [3.63, 3.8) is 0 Å². The highest BCUT2D eigenvalue weighted by Crippen LogP contribution is 2.27. The highest BCUT2D eigenvalue weighted by atomic mass is 32.2. The van der Waals surface area contributed by atoms with Crippen LogP contribution in [0.15, 0.2) is 0 Å². The van der Waals surface area contributed by atoms with Gasteiger partial charge < -0.3 is 10.5 Å². The van der Waals surface area contributed by atoms with Crippen LogP contribution >= 0.6 is 0 Å². The van der Waals surface area contributed by atoms with Gasteiger partial charge >= 0.3 is 0 Å². The van der Waals surface area contributed by atoms with Gasteiger partial charge in [0.25, 0.3) is 0 Å². The summed E-state index contributed by atoms with van der Waals surface area (Å²) in [4.78, 5) is 0. The smallest absolute Gasteiger partial charge is 0.217 e. The Morgan fingerprint density at radius 1 is 1.35 bits per heavy atom. The third-order valence-electron chi connectivity index (χ3n) is 3.46. The SMILES string of the molecule is N=C(N)C1CN(S(=O)(=O)C2CCCC2)CCO1. The van der Waals surface area contributed by atoms with Crippen LogP contribution in [-0.2, 0) is 14.8 Å². The summed E-state index contributed by atoms with van der Waals surface area (Å²) in [7, 11) is -3.23. The summed E-state index contributed by atoms with van der Waals surface area (Å²) in [6.45, 7) is 0.882. The van der Waals surface area contributed by atoms with E-state index in [2.05, 4.69) is 0 Å². The van der Waals surface area contributed by atoms with Gasteiger partial charge in [-0.15, -0.1) is 0 Å². The molecule has 6 nitrogen and oxygen atoms in total. The Bertz CT molecular complexity index is 390. The second kappa shape index (κ2) is 4.91. The zero-order valence-electron chi connectivity index (χ0n) is 9.76. The summed E-state index contributed by atoms with van der Waals surface area (Å²) >= 11 is 0. The molecular weight excluding hydrogens is 242 g/mol. The highest BCUT2D eigenvalue weighted by molar-refractivity contribution is 7.89. The third kappa shape index (κ3) is 2.61. The number of rotatable bonds is 3. The van der Waals surface area contributed by atoms with Crippen molar-refractivity contribution >= 4 is 15.9 Å². The number of nitrogens with one attached hydrogen (secondary N) is 1. The van der Waals surface area contributed by atoms with Gasteiger partial charge in [0.05, 0.1) is 11.9 Å². The van der Waals surface area contributed by atoms with E-state index in [4.69, 9.17) is 15.9 Å². The first-order valence-electron chi connectivity index (χ1n) is 5.96. The van der Waals surface area contributed by atoms with Crippen LogP contribution in [0.1, 0.15) is 25.7 Å². The molecule has 1 saturated carbocycles. The van der Waals surface area contributed by atoms with E-state index in [1.807, 2.05) is 0 Å². The van der Waals surface area contributed by atoms with Gasteiger partial charge in [-0.25, -0.2) is 8.42 Å². The van der Waals surface area contributed by atoms with Crippen LogP contribution in [0.4, 0.5) is 0 Å². The van der Waals surface area contributed by atoms with Crippen molar-refractivity contribution in [2.24, 2.45) is 5.73 Å². The van der Waals surface area contributed by atoms with E-state index in [0.29, 0.717) is 13.2 Å². The number of morpholine rings is 1. The van der Waals surface area contributed by atoms with Crippen LogP contribution in [0.5, 0.6) is 0 Å². The van der Waals surface area contributed by atoms with Crippen molar-refractivity contribution in [2.75, 3.05) is 19.7 Å². The van der Waals surface area contributed by atoms with Gasteiger partial charge in [-0.05, 0) is 12.8 Å². The molecule has 1 unspecified atom stereocenters. The first-order valence-corrected chi connectivity index (χ1v) is 7.46. The Kier molecular flexibility index (Phi) is 3.70. The second-order valence-corrected chi connectivity index (χ2v) is 6.84. The Morgan fingerprint density at radius 2 is 2.00 bits per heavy atom. The Hall–Kier alpha value is -0.660. The molecule has 0 aromatic carbocycles. The lowest BCUT2D eigenvalue weighted by Crippen LogP contribution is -2.52. The van der Waals surface area contributed by atoms with E-state index in [0.717, 1.165) is 25.7 Å². The molecule has 1 aliphatic carbocycles. The fourth-order valence-electron chi connectivity index (χ4n) is 2.44. The summed E-state index contributed by atoms with van der Waals surface area (Å²) in [6.07, 6.45) is 2.91. The number of hydrogen-bond donors (Lipinski definition) is 2. The molecule has 0 bridgehead atoms. The van der Waals surface area contributed by atoms with Crippen molar-refractivity contribution < 1.29 is 13.2 Å². The third-order valence-corrected chi connectivity index (χ3v) is 5.82. The molecule has 1 heterocycles. The maximum Gasteiger partial charge on any atom is 0.217 e. The molecule has 1 aliphatic heterocycles. The van der Waals surface area contributed by atoms with E-state index in [1.54, 1.807) is 0 Å². The summed E-state index contributed by atoms with van der Waals surface area (Å²) in [5, 5.41) is 7.08. The van der Waals surface area contributed by atoms with Crippen LogP contribution in [0.3, 0.4) is 0 Å². The Morgan fingerprint density at radius 3 is 2.59 bits per heavy atom.